The lowest BCUT2D eigenvalue weighted by Crippen LogP contribution is -2.28. The molecule has 8 nitrogen and oxygen atoms in total. The molecule has 3 aromatic rings. The fraction of sp³-hybridized carbons (Fsp3) is 0.176. The van der Waals surface area contributed by atoms with Crippen LogP contribution < -0.4 is 16.7 Å². The molecule has 0 atom stereocenters. The lowest BCUT2D eigenvalue weighted by molar-refractivity contribution is -0.121. The van der Waals surface area contributed by atoms with Crippen LogP contribution in [0.15, 0.2) is 45.2 Å². The van der Waals surface area contributed by atoms with Crippen LogP contribution in [0.25, 0.3) is 10.9 Å². The van der Waals surface area contributed by atoms with Crippen molar-refractivity contribution < 1.29 is 4.79 Å². The van der Waals surface area contributed by atoms with Gasteiger partial charge in [-0.05, 0) is 19.4 Å². The van der Waals surface area contributed by atoms with Crippen LogP contribution in [0, 0.1) is 6.92 Å². The van der Waals surface area contributed by atoms with Gasteiger partial charge in [-0.2, -0.15) is 5.10 Å². The number of carbonyl (C=O) groups is 1. The van der Waals surface area contributed by atoms with Crippen LogP contribution in [-0.2, 0) is 11.2 Å². The molecule has 0 aliphatic rings. The van der Waals surface area contributed by atoms with Gasteiger partial charge in [-0.3, -0.25) is 14.6 Å². The van der Waals surface area contributed by atoms with Crippen LogP contribution >= 0.6 is 0 Å². The van der Waals surface area contributed by atoms with Gasteiger partial charge in [-0.15, -0.1) is 0 Å². The second-order valence-corrected chi connectivity index (χ2v) is 5.59. The Bertz CT molecular complexity index is 1060. The first-order chi connectivity index (χ1) is 12.0. The molecule has 2 aromatic heterocycles. The average Bonchev–Trinajstić information content (AvgIpc) is 2.97. The molecule has 0 radical (unpaired) electrons. The first-order valence-electron chi connectivity index (χ1n) is 7.74. The van der Waals surface area contributed by atoms with E-state index < -0.39 is 11.2 Å². The Kier molecular flexibility index (Phi) is 4.60. The van der Waals surface area contributed by atoms with E-state index in [4.69, 9.17) is 0 Å². The number of aromatic nitrogens is 3. The average molecular weight is 339 g/mol. The van der Waals surface area contributed by atoms with Gasteiger partial charge in [0.15, 0.2) is 0 Å². The van der Waals surface area contributed by atoms with Crippen molar-refractivity contribution in [1.82, 2.24) is 20.4 Å². The summed E-state index contributed by atoms with van der Waals surface area (Å²) in [4.78, 5) is 42.5. The Hall–Kier alpha value is -3.42. The summed E-state index contributed by atoms with van der Waals surface area (Å²) in [6, 6.07) is 7.77. The maximum absolute atomic E-state index is 11.9. The molecule has 1 aromatic carbocycles. The van der Waals surface area contributed by atoms with Crippen molar-refractivity contribution in [2.24, 2.45) is 5.10 Å². The summed E-state index contributed by atoms with van der Waals surface area (Å²) in [5.74, 6) is -0.318. The molecule has 0 aliphatic heterocycles. The topological polar surface area (TPSA) is 123 Å². The Balaban J connectivity index is 1.60. The van der Waals surface area contributed by atoms with Crippen molar-refractivity contribution in [1.29, 1.82) is 0 Å². The molecular weight excluding hydrogens is 322 g/mol. The summed E-state index contributed by atoms with van der Waals surface area (Å²) in [5.41, 5.74) is 4.11. The van der Waals surface area contributed by atoms with E-state index in [9.17, 15) is 14.4 Å². The molecule has 0 unspecified atom stereocenters. The normalized spacial score (nSPS) is 11.2. The molecule has 0 spiro atoms. The molecule has 8 heteroatoms. The number of fused-ring (bicyclic) bond motifs is 1. The molecule has 3 rings (SSSR count). The van der Waals surface area contributed by atoms with Crippen LogP contribution in [-0.4, -0.2) is 27.1 Å². The number of aromatic amines is 3. The van der Waals surface area contributed by atoms with Crippen LogP contribution in [0.4, 0.5) is 0 Å². The fourth-order valence-corrected chi connectivity index (χ4v) is 2.60. The summed E-state index contributed by atoms with van der Waals surface area (Å²) < 4.78 is 0. The zero-order valence-electron chi connectivity index (χ0n) is 13.6. The Morgan fingerprint density at radius 1 is 1.24 bits per heavy atom. The van der Waals surface area contributed by atoms with Crippen molar-refractivity contribution in [2.75, 3.05) is 0 Å². The second-order valence-electron chi connectivity index (χ2n) is 5.59. The van der Waals surface area contributed by atoms with Crippen LogP contribution in [0.1, 0.15) is 23.2 Å². The van der Waals surface area contributed by atoms with Crippen molar-refractivity contribution in [2.45, 2.75) is 19.8 Å². The standard InChI is InChI=1S/C17H17N5O3/c1-10-12(16(24)21-17(25)20-10)6-7-15(23)22-19-9-11-8-18-14-5-3-2-4-13(11)14/h2-5,8-9,18H,6-7H2,1H3,(H,22,23)(H2,20,21,24,25)/b19-9+. The van der Waals surface area contributed by atoms with E-state index in [2.05, 4.69) is 25.5 Å². The number of para-hydroxylation sites is 1. The second kappa shape index (κ2) is 7.00. The van der Waals surface area contributed by atoms with Crippen LogP contribution in [0.3, 0.4) is 0 Å². The highest BCUT2D eigenvalue weighted by Gasteiger charge is 2.08. The Morgan fingerprint density at radius 3 is 2.84 bits per heavy atom. The van der Waals surface area contributed by atoms with Gasteiger partial charge in [0.25, 0.3) is 5.56 Å². The molecule has 2 heterocycles. The highest BCUT2D eigenvalue weighted by Crippen LogP contribution is 2.15. The third-order valence-corrected chi connectivity index (χ3v) is 3.87. The first kappa shape index (κ1) is 16.4. The van der Waals surface area contributed by atoms with E-state index in [0.29, 0.717) is 11.3 Å². The van der Waals surface area contributed by atoms with Gasteiger partial charge >= 0.3 is 5.69 Å². The quantitative estimate of drug-likeness (QED) is 0.408. The van der Waals surface area contributed by atoms with E-state index in [0.717, 1.165) is 16.5 Å². The number of amides is 1. The minimum Gasteiger partial charge on any atom is -0.361 e. The summed E-state index contributed by atoms with van der Waals surface area (Å²) in [6.45, 7) is 1.62. The molecular formula is C17H17N5O3. The van der Waals surface area contributed by atoms with E-state index in [1.165, 1.54) is 0 Å². The van der Waals surface area contributed by atoms with Gasteiger partial charge in [0.2, 0.25) is 5.91 Å². The van der Waals surface area contributed by atoms with Gasteiger partial charge in [-0.1, -0.05) is 18.2 Å². The van der Waals surface area contributed by atoms with E-state index in [-0.39, 0.29) is 18.7 Å². The number of nitrogens with one attached hydrogen (secondary N) is 4. The highest BCUT2D eigenvalue weighted by molar-refractivity contribution is 5.99. The summed E-state index contributed by atoms with van der Waals surface area (Å²) >= 11 is 0. The molecule has 0 bridgehead atoms. The Labute approximate surface area is 142 Å². The number of hydrogen-bond acceptors (Lipinski definition) is 4. The fourth-order valence-electron chi connectivity index (χ4n) is 2.60. The molecule has 0 saturated carbocycles. The number of hydrogen-bond donors (Lipinski definition) is 4. The Morgan fingerprint density at radius 2 is 2.04 bits per heavy atom. The minimum absolute atomic E-state index is 0.0845. The minimum atomic E-state index is -0.556. The molecule has 0 saturated heterocycles. The van der Waals surface area contributed by atoms with Crippen molar-refractivity contribution in [3.63, 3.8) is 0 Å². The monoisotopic (exact) mass is 339 g/mol. The van der Waals surface area contributed by atoms with Gasteiger partial charge in [0.1, 0.15) is 0 Å². The predicted octanol–water partition coefficient (Wildman–Crippen LogP) is 0.936. The molecule has 0 aliphatic carbocycles. The van der Waals surface area contributed by atoms with E-state index >= 15 is 0 Å². The van der Waals surface area contributed by atoms with Crippen molar-refractivity contribution >= 4 is 23.0 Å². The number of nitrogens with zero attached hydrogens (tertiary/aromatic N) is 1. The molecule has 25 heavy (non-hydrogen) atoms. The SMILES string of the molecule is Cc1[nH]c(=O)[nH]c(=O)c1CCC(=O)N/N=C/c1c[nH]c2ccccc12. The largest absolute Gasteiger partial charge is 0.361 e. The van der Waals surface area contributed by atoms with Gasteiger partial charge in [0.05, 0.1) is 6.21 Å². The maximum Gasteiger partial charge on any atom is 0.325 e. The molecule has 128 valence electrons. The zero-order chi connectivity index (χ0) is 17.8. The number of hydrazone groups is 1. The predicted molar refractivity (Wildman–Crippen MR) is 94.8 cm³/mol. The highest BCUT2D eigenvalue weighted by atomic mass is 16.2. The number of H-pyrrole nitrogens is 3. The molecule has 1 amide bonds. The number of rotatable bonds is 5. The van der Waals surface area contributed by atoms with Crippen molar-refractivity contribution in [3.8, 4) is 0 Å². The number of carbonyl (C=O) groups excluding carboxylic acids is 1. The molecule has 0 fully saturated rings. The zero-order valence-corrected chi connectivity index (χ0v) is 13.6. The van der Waals surface area contributed by atoms with Crippen LogP contribution in [0.2, 0.25) is 0 Å². The molecule has 4 N–H and O–H groups in total. The first-order valence-corrected chi connectivity index (χ1v) is 7.74. The van der Waals surface area contributed by atoms with Crippen LogP contribution in [0.5, 0.6) is 0 Å². The van der Waals surface area contributed by atoms with E-state index in [1.54, 1.807) is 13.1 Å². The maximum atomic E-state index is 11.9. The summed E-state index contributed by atoms with van der Waals surface area (Å²) in [6.07, 6.45) is 3.67. The third-order valence-electron chi connectivity index (χ3n) is 3.87. The van der Waals surface area contributed by atoms with Gasteiger partial charge in [0, 0.05) is 40.3 Å². The summed E-state index contributed by atoms with van der Waals surface area (Å²) in [7, 11) is 0. The van der Waals surface area contributed by atoms with E-state index in [1.807, 2.05) is 30.5 Å². The van der Waals surface area contributed by atoms with Gasteiger partial charge < -0.3 is 9.97 Å². The van der Waals surface area contributed by atoms with Crippen molar-refractivity contribution in [3.05, 3.63) is 68.1 Å². The number of benzene rings is 1. The van der Waals surface area contributed by atoms with Gasteiger partial charge in [-0.25, -0.2) is 10.2 Å². The summed E-state index contributed by atoms with van der Waals surface area (Å²) in [5, 5.41) is 4.96. The smallest absolute Gasteiger partial charge is 0.325 e. The lowest BCUT2D eigenvalue weighted by atomic mass is 10.1. The lowest BCUT2D eigenvalue weighted by Gasteiger charge is -2.03. The third kappa shape index (κ3) is 3.74. The number of aryl methyl sites for hydroxylation is 1.